The Morgan fingerprint density at radius 2 is 1.69 bits per heavy atom. The molecule has 1 aromatic carbocycles. The first-order valence-electron chi connectivity index (χ1n) is 14.0. The Kier molecular flexibility index (Phi) is 10.2. The molecule has 3 fully saturated rings. The number of amides is 2. The molecule has 1 aliphatic carbocycles. The van der Waals surface area contributed by atoms with Crippen LogP contribution in [0.3, 0.4) is 0 Å². The van der Waals surface area contributed by atoms with Gasteiger partial charge in [0.25, 0.3) is 0 Å². The molecular formula is C29H46ClN3O3. The molecule has 2 atom stereocenters. The molecule has 0 radical (unpaired) electrons. The van der Waals surface area contributed by atoms with Crippen molar-refractivity contribution in [3.63, 3.8) is 0 Å². The van der Waals surface area contributed by atoms with E-state index in [9.17, 15) is 14.7 Å². The number of hydrogen-bond acceptors (Lipinski definition) is 4. The van der Waals surface area contributed by atoms with Gasteiger partial charge in [-0.05, 0) is 55.1 Å². The normalized spacial score (nSPS) is 24.0. The van der Waals surface area contributed by atoms with E-state index >= 15 is 0 Å². The van der Waals surface area contributed by atoms with Crippen LogP contribution in [0, 0.1) is 5.92 Å². The molecule has 1 spiro atoms. The highest BCUT2D eigenvalue weighted by molar-refractivity contribution is 6.00. The van der Waals surface area contributed by atoms with Crippen LogP contribution < -0.4 is 5.32 Å². The van der Waals surface area contributed by atoms with Gasteiger partial charge in [-0.25, -0.2) is 0 Å². The second kappa shape index (κ2) is 12.7. The third-order valence-electron chi connectivity index (χ3n) is 8.70. The lowest BCUT2D eigenvalue weighted by Gasteiger charge is -2.52. The van der Waals surface area contributed by atoms with E-state index < -0.39 is 17.7 Å². The van der Waals surface area contributed by atoms with Crippen molar-refractivity contribution in [3.8, 4) is 0 Å². The molecule has 2 saturated heterocycles. The second-order valence-corrected chi connectivity index (χ2v) is 11.4. The smallest absolute Gasteiger partial charge is 0.248 e. The Labute approximate surface area is 223 Å². The van der Waals surface area contributed by atoms with Crippen molar-refractivity contribution in [1.29, 1.82) is 0 Å². The maximum absolute atomic E-state index is 13.7. The molecule has 2 amide bonds. The summed E-state index contributed by atoms with van der Waals surface area (Å²) < 4.78 is 0. The fourth-order valence-electron chi connectivity index (χ4n) is 6.30. The Balaban J connectivity index is 0.00000361. The minimum atomic E-state index is -0.800. The van der Waals surface area contributed by atoms with Crippen molar-refractivity contribution < 1.29 is 14.7 Å². The van der Waals surface area contributed by atoms with Crippen molar-refractivity contribution in [1.82, 2.24) is 15.1 Å². The molecule has 4 rings (SSSR count). The summed E-state index contributed by atoms with van der Waals surface area (Å²) in [7, 11) is 0. The van der Waals surface area contributed by atoms with E-state index in [1.54, 1.807) is 0 Å². The molecule has 1 saturated carbocycles. The number of rotatable bonds is 8. The maximum atomic E-state index is 13.7. The molecule has 2 aliphatic heterocycles. The number of halogens is 1. The highest BCUT2D eigenvalue weighted by Gasteiger charge is 2.55. The molecule has 3 aliphatic rings. The van der Waals surface area contributed by atoms with Gasteiger partial charge >= 0.3 is 0 Å². The monoisotopic (exact) mass is 519 g/mol. The number of hydrogen-bond donors (Lipinski definition) is 2. The van der Waals surface area contributed by atoms with Gasteiger partial charge in [0.1, 0.15) is 11.6 Å². The van der Waals surface area contributed by atoms with E-state index in [1.807, 2.05) is 4.90 Å². The quantitative estimate of drug-likeness (QED) is 0.525. The lowest BCUT2D eigenvalue weighted by molar-refractivity contribution is -0.166. The second-order valence-electron chi connectivity index (χ2n) is 11.4. The van der Waals surface area contributed by atoms with Crippen molar-refractivity contribution in [2.45, 2.75) is 109 Å². The summed E-state index contributed by atoms with van der Waals surface area (Å²) in [6, 6.07) is 8.04. The summed E-state index contributed by atoms with van der Waals surface area (Å²) in [6.45, 7) is 9.55. The molecule has 1 aromatic rings. The number of carbonyl (C=O) groups is 2. The first-order chi connectivity index (χ1) is 16.9. The molecule has 36 heavy (non-hydrogen) atoms. The zero-order chi connectivity index (χ0) is 25.0. The Hall–Kier alpha value is -1.63. The molecular weight excluding hydrogens is 474 g/mol. The van der Waals surface area contributed by atoms with Crippen LogP contribution in [0.15, 0.2) is 24.3 Å². The van der Waals surface area contributed by atoms with Crippen LogP contribution in [-0.2, 0) is 16.1 Å². The van der Waals surface area contributed by atoms with E-state index in [0.29, 0.717) is 25.3 Å². The Morgan fingerprint density at radius 3 is 2.28 bits per heavy atom. The van der Waals surface area contributed by atoms with E-state index in [-0.39, 0.29) is 30.1 Å². The predicted octanol–water partition coefficient (Wildman–Crippen LogP) is 4.63. The van der Waals surface area contributed by atoms with E-state index in [2.05, 4.69) is 55.3 Å². The summed E-state index contributed by atoms with van der Waals surface area (Å²) in [4.78, 5) is 31.6. The molecule has 2 unspecified atom stereocenters. The van der Waals surface area contributed by atoms with Gasteiger partial charge in [-0.15, -0.1) is 12.4 Å². The molecule has 7 heteroatoms. The van der Waals surface area contributed by atoms with E-state index in [4.69, 9.17) is 0 Å². The molecule has 2 heterocycles. The van der Waals surface area contributed by atoms with Crippen LogP contribution in [0.25, 0.3) is 0 Å². The predicted molar refractivity (Wildman–Crippen MR) is 146 cm³/mol. The highest BCUT2D eigenvalue weighted by atomic mass is 35.5. The molecule has 2 N–H and O–H groups in total. The summed E-state index contributed by atoms with van der Waals surface area (Å²) >= 11 is 0. The van der Waals surface area contributed by atoms with Crippen LogP contribution in [-0.4, -0.2) is 64.0 Å². The lowest BCUT2D eigenvalue weighted by Crippen LogP contribution is -2.75. The minimum Gasteiger partial charge on any atom is -0.390 e. The number of nitrogens with one attached hydrogen (secondary N) is 1. The van der Waals surface area contributed by atoms with Gasteiger partial charge in [-0.3, -0.25) is 14.5 Å². The summed E-state index contributed by atoms with van der Waals surface area (Å²) in [5.41, 5.74) is 1.85. The molecule has 6 nitrogen and oxygen atoms in total. The van der Waals surface area contributed by atoms with Crippen LogP contribution >= 0.6 is 12.4 Å². The first kappa shape index (κ1) is 28.9. The summed E-state index contributed by atoms with van der Waals surface area (Å²) in [6.07, 6.45) is 7.60. The van der Waals surface area contributed by atoms with Crippen molar-refractivity contribution in [3.05, 3.63) is 35.4 Å². The van der Waals surface area contributed by atoms with Gasteiger partial charge in [0.2, 0.25) is 11.8 Å². The third kappa shape index (κ3) is 6.08. The largest absolute Gasteiger partial charge is 0.390 e. The molecule has 202 valence electrons. The standard InChI is InChI=1S/C29H45N3O3.ClH/c1-4-5-17-32-27(34)25(26(33)24-9-7-6-8-10-24)30-28(35)29(32)15-18-31(19-16-29)20-22-11-13-23(14-12-22)21(2)3;/h11-14,21,24-26,33H,4-10,15-20H2,1-3H3,(H,30,35);1H. The Morgan fingerprint density at radius 1 is 1.06 bits per heavy atom. The van der Waals surface area contributed by atoms with Crippen LogP contribution in [0.1, 0.15) is 95.6 Å². The molecule has 0 aromatic heterocycles. The van der Waals surface area contributed by atoms with Gasteiger partial charge in [0.15, 0.2) is 0 Å². The van der Waals surface area contributed by atoms with Gasteiger partial charge in [0, 0.05) is 26.2 Å². The lowest BCUT2D eigenvalue weighted by atomic mass is 9.78. The third-order valence-corrected chi connectivity index (χ3v) is 8.70. The zero-order valence-electron chi connectivity index (χ0n) is 22.4. The fourth-order valence-corrected chi connectivity index (χ4v) is 6.30. The summed E-state index contributed by atoms with van der Waals surface area (Å²) in [5.74, 6) is 0.489. The average molecular weight is 520 g/mol. The fraction of sp³-hybridized carbons (Fsp3) is 0.724. The van der Waals surface area contributed by atoms with Crippen molar-refractivity contribution in [2.75, 3.05) is 19.6 Å². The number of nitrogens with zero attached hydrogens (tertiary/aromatic N) is 2. The number of piperazine rings is 1. The van der Waals surface area contributed by atoms with Gasteiger partial charge in [-0.1, -0.05) is 70.7 Å². The van der Waals surface area contributed by atoms with E-state index in [0.717, 1.165) is 58.2 Å². The number of piperidine rings is 1. The van der Waals surface area contributed by atoms with Crippen LogP contribution in [0.5, 0.6) is 0 Å². The van der Waals surface area contributed by atoms with Crippen molar-refractivity contribution >= 4 is 24.2 Å². The van der Waals surface area contributed by atoms with Gasteiger partial charge in [-0.2, -0.15) is 0 Å². The number of benzene rings is 1. The van der Waals surface area contributed by atoms with Crippen LogP contribution in [0.4, 0.5) is 0 Å². The van der Waals surface area contributed by atoms with Gasteiger partial charge in [0.05, 0.1) is 6.10 Å². The van der Waals surface area contributed by atoms with Crippen molar-refractivity contribution in [2.24, 2.45) is 5.92 Å². The van der Waals surface area contributed by atoms with Crippen LogP contribution in [0.2, 0.25) is 0 Å². The number of unbranched alkanes of at least 4 members (excludes halogenated alkanes) is 1. The number of aliphatic hydroxyl groups is 1. The number of aliphatic hydroxyl groups excluding tert-OH is 1. The zero-order valence-corrected chi connectivity index (χ0v) is 23.2. The van der Waals surface area contributed by atoms with E-state index in [1.165, 1.54) is 17.5 Å². The molecule has 0 bridgehead atoms. The maximum Gasteiger partial charge on any atom is 0.248 e. The topological polar surface area (TPSA) is 72.9 Å². The Bertz CT molecular complexity index is 861. The number of carbonyl (C=O) groups excluding carboxylic acids is 2. The first-order valence-corrected chi connectivity index (χ1v) is 14.0. The highest BCUT2D eigenvalue weighted by Crippen LogP contribution is 2.36. The minimum absolute atomic E-state index is 0. The summed E-state index contributed by atoms with van der Waals surface area (Å²) in [5, 5.41) is 14.1. The average Bonchev–Trinajstić information content (AvgIpc) is 2.88. The SMILES string of the molecule is CCCCN1C(=O)C(C(O)C2CCCCC2)NC(=O)C12CCN(Cc1ccc(C(C)C)cc1)CC2.Cl. The number of likely N-dealkylation sites (tertiary alicyclic amines) is 1. The van der Waals surface area contributed by atoms with Gasteiger partial charge < -0.3 is 15.3 Å².